The van der Waals surface area contributed by atoms with Crippen molar-refractivity contribution in [3.05, 3.63) is 24.0 Å². The number of thioether (sulfide) groups is 1. The second-order valence-corrected chi connectivity index (χ2v) is 4.27. The molecule has 0 spiro atoms. The van der Waals surface area contributed by atoms with Crippen LogP contribution in [0.5, 0.6) is 0 Å². The van der Waals surface area contributed by atoms with Crippen LogP contribution in [0, 0.1) is 0 Å². The fraction of sp³-hybridized carbons (Fsp3) is 0.400. The van der Waals surface area contributed by atoms with Gasteiger partial charge in [0.25, 0.3) is 0 Å². The Bertz CT molecular complexity index is 333. The lowest BCUT2D eigenvalue weighted by Crippen LogP contribution is -2.00. The van der Waals surface area contributed by atoms with E-state index in [4.69, 9.17) is 11.6 Å². The van der Waals surface area contributed by atoms with Gasteiger partial charge in [0.05, 0.1) is 13.5 Å². The molecule has 0 unspecified atom stereocenters. The molecule has 0 saturated carbocycles. The van der Waals surface area contributed by atoms with Crippen LogP contribution in [0.2, 0.25) is 0 Å². The van der Waals surface area contributed by atoms with Gasteiger partial charge >= 0.3 is 5.97 Å². The molecule has 1 aromatic heterocycles. The Morgan fingerprint density at radius 3 is 3.07 bits per heavy atom. The van der Waals surface area contributed by atoms with E-state index in [0.717, 1.165) is 10.5 Å². The number of carbonyl (C=O) groups excluding carboxylic acids is 1. The van der Waals surface area contributed by atoms with E-state index < -0.39 is 0 Å². The number of hydrogen-bond donors (Lipinski definition) is 0. The normalized spacial score (nSPS) is 10.0. The minimum atomic E-state index is -0.191. The number of esters is 1. The molecule has 0 aliphatic rings. The molecule has 0 amide bonds. The monoisotopic (exact) mass is 245 g/mol. The molecule has 0 N–H and O–H groups in total. The second kappa shape index (κ2) is 6.69. The SMILES string of the molecule is COC(=O)CCSc1cncc(CCl)c1. The zero-order chi connectivity index (χ0) is 11.1. The van der Waals surface area contributed by atoms with Gasteiger partial charge in [0.1, 0.15) is 0 Å². The van der Waals surface area contributed by atoms with Gasteiger partial charge in [0.15, 0.2) is 0 Å². The Kier molecular flexibility index (Phi) is 5.50. The number of alkyl halides is 1. The van der Waals surface area contributed by atoms with Crippen LogP contribution in [-0.4, -0.2) is 23.8 Å². The lowest BCUT2D eigenvalue weighted by molar-refractivity contribution is -0.140. The van der Waals surface area contributed by atoms with E-state index in [-0.39, 0.29) is 5.97 Å². The first-order valence-electron chi connectivity index (χ1n) is 4.45. The largest absolute Gasteiger partial charge is 0.469 e. The number of aromatic nitrogens is 1. The van der Waals surface area contributed by atoms with E-state index in [0.29, 0.717) is 18.1 Å². The van der Waals surface area contributed by atoms with Gasteiger partial charge in [-0.2, -0.15) is 0 Å². The van der Waals surface area contributed by atoms with Crippen molar-refractivity contribution in [3.63, 3.8) is 0 Å². The maximum Gasteiger partial charge on any atom is 0.306 e. The minimum absolute atomic E-state index is 0.191. The molecule has 0 saturated heterocycles. The molecule has 1 aromatic rings. The predicted molar refractivity (Wildman–Crippen MR) is 61.2 cm³/mol. The minimum Gasteiger partial charge on any atom is -0.469 e. The molecule has 0 radical (unpaired) electrons. The Hall–Kier alpha value is -0.740. The van der Waals surface area contributed by atoms with Gasteiger partial charge in [-0.15, -0.1) is 23.4 Å². The fourth-order valence-corrected chi connectivity index (χ4v) is 1.99. The van der Waals surface area contributed by atoms with Crippen molar-refractivity contribution in [1.82, 2.24) is 4.98 Å². The first kappa shape index (κ1) is 12.3. The highest BCUT2D eigenvalue weighted by Crippen LogP contribution is 2.19. The quantitative estimate of drug-likeness (QED) is 0.454. The van der Waals surface area contributed by atoms with Crippen LogP contribution in [0.15, 0.2) is 23.4 Å². The molecule has 15 heavy (non-hydrogen) atoms. The van der Waals surface area contributed by atoms with Crippen LogP contribution in [0.4, 0.5) is 0 Å². The van der Waals surface area contributed by atoms with Crippen LogP contribution in [0.1, 0.15) is 12.0 Å². The van der Waals surface area contributed by atoms with Gasteiger partial charge in [-0.05, 0) is 11.6 Å². The van der Waals surface area contributed by atoms with Crippen molar-refractivity contribution < 1.29 is 9.53 Å². The molecular formula is C10H12ClNO2S. The summed E-state index contributed by atoms with van der Waals surface area (Å²) in [4.78, 5) is 15.9. The third kappa shape index (κ3) is 4.53. The molecule has 0 bridgehead atoms. The lowest BCUT2D eigenvalue weighted by atomic mass is 10.3. The number of carbonyl (C=O) groups is 1. The standard InChI is InChI=1S/C10H12ClNO2S/c1-14-10(13)2-3-15-9-4-8(5-11)6-12-7-9/h4,6-7H,2-3,5H2,1H3. The summed E-state index contributed by atoms with van der Waals surface area (Å²) < 4.78 is 4.54. The molecule has 1 heterocycles. The van der Waals surface area contributed by atoms with Crippen molar-refractivity contribution in [3.8, 4) is 0 Å². The smallest absolute Gasteiger partial charge is 0.306 e. The molecular weight excluding hydrogens is 234 g/mol. The molecule has 0 atom stereocenters. The molecule has 3 nitrogen and oxygen atoms in total. The Labute approximate surface area is 98.2 Å². The van der Waals surface area contributed by atoms with Crippen molar-refractivity contribution in [2.24, 2.45) is 0 Å². The summed E-state index contributed by atoms with van der Waals surface area (Å²) in [6, 6.07) is 1.97. The van der Waals surface area contributed by atoms with Gasteiger partial charge in [-0.3, -0.25) is 9.78 Å². The molecule has 0 aromatic carbocycles. The zero-order valence-corrected chi connectivity index (χ0v) is 9.98. The third-order valence-electron chi connectivity index (χ3n) is 1.73. The van der Waals surface area contributed by atoms with E-state index in [1.165, 1.54) is 7.11 Å². The summed E-state index contributed by atoms with van der Waals surface area (Å²) in [6.07, 6.45) is 3.90. The molecule has 82 valence electrons. The second-order valence-electron chi connectivity index (χ2n) is 2.84. The highest BCUT2D eigenvalue weighted by Gasteiger charge is 2.01. The number of pyridine rings is 1. The Balaban J connectivity index is 2.40. The maximum absolute atomic E-state index is 10.9. The van der Waals surface area contributed by atoms with Crippen LogP contribution < -0.4 is 0 Å². The van der Waals surface area contributed by atoms with Gasteiger partial charge in [0.2, 0.25) is 0 Å². The van der Waals surface area contributed by atoms with Crippen molar-refractivity contribution in [2.75, 3.05) is 12.9 Å². The number of methoxy groups -OCH3 is 1. The lowest BCUT2D eigenvalue weighted by Gasteiger charge is -2.01. The first-order valence-corrected chi connectivity index (χ1v) is 5.97. The van der Waals surface area contributed by atoms with E-state index in [2.05, 4.69) is 9.72 Å². The van der Waals surface area contributed by atoms with E-state index in [1.54, 1.807) is 24.2 Å². The summed E-state index contributed by atoms with van der Waals surface area (Å²) in [5, 5.41) is 0. The van der Waals surface area contributed by atoms with Gasteiger partial charge in [-0.1, -0.05) is 0 Å². The highest BCUT2D eigenvalue weighted by atomic mass is 35.5. The average molecular weight is 246 g/mol. The van der Waals surface area contributed by atoms with E-state index in [1.807, 2.05) is 6.07 Å². The van der Waals surface area contributed by atoms with E-state index in [9.17, 15) is 4.79 Å². The molecule has 0 aliphatic heterocycles. The summed E-state index contributed by atoms with van der Waals surface area (Å²) in [6.45, 7) is 0. The zero-order valence-electron chi connectivity index (χ0n) is 8.40. The first-order chi connectivity index (χ1) is 7.26. The number of halogens is 1. The van der Waals surface area contributed by atoms with Gasteiger partial charge in [0, 0.05) is 28.9 Å². The van der Waals surface area contributed by atoms with Crippen molar-refractivity contribution in [2.45, 2.75) is 17.2 Å². The fourth-order valence-electron chi connectivity index (χ4n) is 0.970. The van der Waals surface area contributed by atoms with Crippen LogP contribution in [-0.2, 0) is 15.4 Å². The Morgan fingerprint density at radius 1 is 1.60 bits per heavy atom. The maximum atomic E-state index is 10.9. The van der Waals surface area contributed by atoms with Gasteiger partial charge < -0.3 is 4.74 Å². The molecule has 0 aliphatic carbocycles. The molecule has 1 rings (SSSR count). The van der Waals surface area contributed by atoms with Crippen molar-refractivity contribution in [1.29, 1.82) is 0 Å². The predicted octanol–water partition coefficient (Wildman–Crippen LogP) is 2.48. The number of rotatable bonds is 5. The highest BCUT2D eigenvalue weighted by molar-refractivity contribution is 7.99. The van der Waals surface area contributed by atoms with E-state index >= 15 is 0 Å². The average Bonchev–Trinajstić information content (AvgIpc) is 2.29. The van der Waals surface area contributed by atoms with Crippen LogP contribution >= 0.6 is 23.4 Å². The summed E-state index contributed by atoms with van der Waals surface area (Å²) >= 11 is 7.25. The Morgan fingerprint density at radius 2 is 2.40 bits per heavy atom. The van der Waals surface area contributed by atoms with Crippen LogP contribution in [0.25, 0.3) is 0 Å². The van der Waals surface area contributed by atoms with Crippen molar-refractivity contribution >= 4 is 29.3 Å². The molecule has 5 heteroatoms. The molecule has 0 fully saturated rings. The van der Waals surface area contributed by atoms with Crippen LogP contribution in [0.3, 0.4) is 0 Å². The third-order valence-corrected chi connectivity index (χ3v) is 3.00. The number of ether oxygens (including phenoxy) is 1. The summed E-state index contributed by atoms with van der Waals surface area (Å²) in [7, 11) is 1.39. The topological polar surface area (TPSA) is 39.2 Å². The number of hydrogen-bond acceptors (Lipinski definition) is 4. The summed E-state index contributed by atoms with van der Waals surface area (Å²) in [5.41, 5.74) is 0.986. The summed E-state index contributed by atoms with van der Waals surface area (Å²) in [5.74, 6) is 0.961. The number of nitrogens with zero attached hydrogens (tertiary/aromatic N) is 1. The van der Waals surface area contributed by atoms with Gasteiger partial charge in [-0.25, -0.2) is 0 Å².